The number of hydrogen-bond acceptors (Lipinski definition) is 3. The van der Waals surface area contributed by atoms with Crippen LogP contribution in [0.25, 0.3) is 0 Å². The van der Waals surface area contributed by atoms with Crippen LogP contribution in [-0.2, 0) is 0 Å². The highest BCUT2D eigenvalue weighted by atomic mass is 16.5. The molecule has 21 heavy (non-hydrogen) atoms. The Bertz CT molecular complexity index is 565. The van der Waals surface area contributed by atoms with Gasteiger partial charge < -0.3 is 15.0 Å². The number of rotatable bonds is 6. The van der Waals surface area contributed by atoms with E-state index in [0.717, 1.165) is 12.8 Å². The molecule has 5 heteroatoms. The molecule has 2 amide bonds. The number of carbonyl (C=O) groups is 1. The average molecular weight is 283 g/mol. The zero-order chi connectivity index (χ0) is 15.1. The first kappa shape index (κ1) is 14.7. The van der Waals surface area contributed by atoms with Crippen LogP contribution in [0, 0.1) is 23.7 Å². The first-order valence-electron chi connectivity index (χ1n) is 6.85. The van der Waals surface area contributed by atoms with Gasteiger partial charge in [0.25, 0.3) is 0 Å². The number of ether oxygens (including phenoxy) is 1. The highest BCUT2D eigenvalue weighted by Crippen LogP contribution is 2.27. The Balaban J connectivity index is 1.92. The fraction of sp³-hybridized carbons (Fsp3) is 0.375. The molecule has 0 unspecified atom stereocenters. The molecule has 0 bridgehead atoms. The summed E-state index contributed by atoms with van der Waals surface area (Å²) in [6, 6.07) is 9.22. The number of urea groups is 1. The van der Waals surface area contributed by atoms with Gasteiger partial charge in [-0.3, -0.25) is 0 Å². The topological polar surface area (TPSA) is 65.4 Å². The van der Waals surface area contributed by atoms with E-state index in [9.17, 15) is 4.79 Å². The van der Waals surface area contributed by atoms with Crippen molar-refractivity contribution in [3.8, 4) is 24.2 Å². The maximum absolute atomic E-state index is 12.2. The monoisotopic (exact) mass is 283 g/mol. The normalized spacial score (nSPS) is 12.9. The number of nitrogens with zero attached hydrogens (tertiary/aromatic N) is 2. The van der Waals surface area contributed by atoms with Crippen LogP contribution in [0.3, 0.4) is 0 Å². The summed E-state index contributed by atoms with van der Waals surface area (Å²) >= 11 is 0. The maximum Gasteiger partial charge on any atom is 0.322 e. The van der Waals surface area contributed by atoms with Crippen molar-refractivity contribution in [2.45, 2.75) is 25.3 Å². The van der Waals surface area contributed by atoms with E-state index in [0.29, 0.717) is 24.4 Å². The molecule has 0 aliphatic heterocycles. The molecule has 1 fully saturated rings. The quantitative estimate of drug-likeness (QED) is 0.816. The van der Waals surface area contributed by atoms with Gasteiger partial charge in [0.05, 0.1) is 12.5 Å². The third-order valence-corrected chi connectivity index (χ3v) is 3.14. The van der Waals surface area contributed by atoms with Gasteiger partial charge in [0.1, 0.15) is 12.4 Å². The molecule has 0 radical (unpaired) electrons. The fourth-order valence-corrected chi connectivity index (χ4v) is 1.96. The standard InChI is InChI=1S/C16H17N3O2/c1-2-12-21-15-8-4-13(5-9-15)18-16(20)19(11-3-10-17)14-6-7-14/h1,4-5,8-9,14H,3,6-7,11-12H2,(H,18,20). The minimum atomic E-state index is -0.162. The van der Waals surface area contributed by atoms with E-state index in [4.69, 9.17) is 16.4 Å². The van der Waals surface area contributed by atoms with Crippen molar-refractivity contribution in [1.82, 2.24) is 4.90 Å². The predicted octanol–water partition coefficient (Wildman–Crippen LogP) is 2.61. The third kappa shape index (κ3) is 4.43. The van der Waals surface area contributed by atoms with Gasteiger partial charge in [0.15, 0.2) is 0 Å². The van der Waals surface area contributed by atoms with E-state index in [-0.39, 0.29) is 18.7 Å². The minimum Gasteiger partial charge on any atom is -0.481 e. The van der Waals surface area contributed by atoms with Gasteiger partial charge >= 0.3 is 6.03 Å². The lowest BCUT2D eigenvalue weighted by molar-refractivity contribution is 0.210. The Labute approximate surface area is 124 Å². The van der Waals surface area contributed by atoms with E-state index in [1.807, 2.05) is 0 Å². The van der Waals surface area contributed by atoms with Crippen LogP contribution in [-0.4, -0.2) is 30.1 Å². The van der Waals surface area contributed by atoms with Crippen molar-refractivity contribution in [3.05, 3.63) is 24.3 Å². The average Bonchev–Trinajstić information content (AvgIpc) is 3.32. The second-order valence-corrected chi connectivity index (χ2v) is 4.78. The molecule has 0 heterocycles. The van der Waals surface area contributed by atoms with Gasteiger partial charge in [-0.05, 0) is 37.1 Å². The lowest BCUT2D eigenvalue weighted by atomic mass is 10.3. The first-order chi connectivity index (χ1) is 10.2. The van der Waals surface area contributed by atoms with Gasteiger partial charge in [-0.15, -0.1) is 6.42 Å². The smallest absolute Gasteiger partial charge is 0.322 e. The number of amides is 2. The summed E-state index contributed by atoms with van der Waals surface area (Å²) in [4.78, 5) is 13.9. The van der Waals surface area contributed by atoms with Crippen LogP contribution in [0.1, 0.15) is 19.3 Å². The minimum absolute atomic E-state index is 0.162. The number of terminal acetylenes is 1. The van der Waals surface area contributed by atoms with E-state index in [1.165, 1.54) is 0 Å². The number of benzene rings is 1. The molecule has 0 aromatic heterocycles. The molecule has 1 aromatic carbocycles. The van der Waals surface area contributed by atoms with Gasteiger partial charge in [-0.2, -0.15) is 5.26 Å². The Kier molecular flexibility index (Phi) is 5.06. The Hall–Kier alpha value is -2.66. The summed E-state index contributed by atoms with van der Waals surface area (Å²) in [6.45, 7) is 0.686. The van der Waals surface area contributed by atoms with Crippen LogP contribution < -0.4 is 10.1 Å². The van der Waals surface area contributed by atoms with Crippen LogP contribution in [0.5, 0.6) is 5.75 Å². The summed E-state index contributed by atoms with van der Waals surface area (Å²) in [6.07, 6.45) is 7.49. The Morgan fingerprint density at radius 2 is 2.14 bits per heavy atom. The maximum atomic E-state index is 12.2. The van der Waals surface area contributed by atoms with Crippen LogP contribution in [0.4, 0.5) is 10.5 Å². The summed E-state index contributed by atoms with van der Waals surface area (Å²) in [5, 5.41) is 11.5. The van der Waals surface area contributed by atoms with E-state index in [1.54, 1.807) is 29.2 Å². The zero-order valence-electron chi connectivity index (χ0n) is 11.7. The Morgan fingerprint density at radius 1 is 1.43 bits per heavy atom. The SMILES string of the molecule is C#CCOc1ccc(NC(=O)N(CCC#N)C2CC2)cc1. The molecule has 1 aliphatic carbocycles. The van der Waals surface area contributed by atoms with Gasteiger partial charge in [-0.25, -0.2) is 4.79 Å². The van der Waals surface area contributed by atoms with E-state index < -0.39 is 0 Å². The van der Waals surface area contributed by atoms with Crippen LogP contribution >= 0.6 is 0 Å². The molecule has 1 saturated carbocycles. The summed E-state index contributed by atoms with van der Waals surface area (Å²) in [5.74, 6) is 3.05. The zero-order valence-corrected chi connectivity index (χ0v) is 11.7. The van der Waals surface area contributed by atoms with Gasteiger partial charge in [-0.1, -0.05) is 5.92 Å². The van der Waals surface area contributed by atoms with Crippen LogP contribution in [0.15, 0.2) is 24.3 Å². The number of nitriles is 1. The van der Waals surface area contributed by atoms with Gasteiger partial charge in [0, 0.05) is 18.3 Å². The highest BCUT2D eigenvalue weighted by molar-refractivity contribution is 5.89. The molecular formula is C16H17N3O2. The van der Waals surface area contributed by atoms with Crippen molar-refractivity contribution in [1.29, 1.82) is 5.26 Å². The lowest BCUT2D eigenvalue weighted by Crippen LogP contribution is -2.37. The molecule has 0 saturated heterocycles. The van der Waals surface area contributed by atoms with Crippen molar-refractivity contribution in [2.75, 3.05) is 18.5 Å². The lowest BCUT2D eigenvalue weighted by Gasteiger charge is -2.21. The molecule has 1 aromatic rings. The van der Waals surface area contributed by atoms with Crippen LogP contribution in [0.2, 0.25) is 0 Å². The molecule has 5 nitrogen and oxygen atoms in total. The van der Waals surface area contributed by atoms with Crippen molar-refractivity contribution in [3.63, 3.8) is 0 Å². The molecule has 1 aliphatic rings. The van der Waals surface area contributed by atoms with Crippen molar-refractivity contribution < 1.29 is 9.53 Å². The molecule has 0 atom stereocenters. The number of anilines is 1. The third-order valence-electron chi connectivity index (χ3n) is 3.14. The number of nitrogens with one attached hydrogen (secondary N) is 1. The molecule has 1 N–H and O–H groups in total. The summed E-state index contributed by atoms with van der Waals surface area (Å²) in [7, 11) is 0. The largest absolute Gasteiger partial charge is 0.481 e. The molecular weight excluding hydrogens is 266 g/mol. The second-order valence-electron chi connectivity index (χ2n) is 4.78. The molecule has 2 rings (SSSR count). The second kappa shape index (κ2) is 7.21. The van der Waals surface area contributed by atoms with Crippen molar-refractivity contribution in [2.24, 2.45) is 0 Å². The fourth-order valence-electron chi connectivity index (χ4n) is 1.96. The van der Waals surface area contributed by atoms with Gasteiger partial charge in [0.2, 0.25) is 0 Å². The predicted molar refractivity (Wildman–Crippen MR) is 79.7 cm³/mol. The summed E-state index contributed by atoms with van der Waals surface area (Å²) in [5.41, 5.74) is 0.690. The van der Waals surface area contributed by atoms with E-state index >= 15 is 0 Å². The van der Waals surface area contributed by atoms with Crippen molar-refractivity contribution >= 4 is 11.7 Å². The Morgan fingerprint density at radius 3 is 2.71 bits per heavy atom. The number of hydrogen-bond donors (Lipinski definition) is 1. The highest BCUT2D eigenvalue weighted by Gasteiger charge is 2.32. The first-order valence-corrected chi connectivity index (χ1v) is 6.85. The number of carbonyl (C=O) groups excluding carboxylic acids is 1. The summed E-state index contributed by atoms with van der Waals surface area (Å²) < 4.78 is 5.27. The molecule has 0 spiro atoms. The molecule has 108 valence electrons. The van der Waals surface area contributed by atoms with E-state index in [2.05, 4.69) is 17.3 Å².